The van der Waals surface area contributed by atoms with E-state index >= 15 is 0 Å². The molecule has 0 amide bonds. The molecule has 1 rings (SSSR count). The molecule has 0 aromatic heterocycles. The number of benzene rings is 1. The minimum atomic E-state index is -1.90. The molecule has 1 radical (unpaired) electrons. The van der Waals surface area contributed by atoms with Crippen LogP contribution in [0.2, 0.25) is 0 Å². The van der Waals surface area contributed by atoms with Crippen LogP contribution >= 0.6 is 0 Å². The van der Waals surface area contributed by atoms with E-state index in [-0.39, 0.29) is 18.6 Å². The standard InChI is InChI=1S/C11H14NO4/c12-6-5-11(16,10(14)15)7-8-1-3-9(13)4-2-8/h1-4,6,13,16H,5,7,12H2,(H,14,15). The average molecular weight is 224 g/mol. The zero-order valence-electron chi connectivity index (χ0n) is 8.63. The molecule has 1 aromatic rings. The van der Waals surface area contributed by atoms with Gasteiger partial charge in [-0.25, -0.2) is 4.79 Å². The lowest BCUT2D eigenvalue weighted by Gasteiger charge is -2.22. The van der Waals surface area contributed by atoms with Gasteiger partial charge in [-0.2, -0.15) is 0 Å². The molecule has 0 aliphatic rings. The van der Waals surface area contributed by atoms with E-state index in [0.29, 0.717) is 5.56 Å². The van der Waals surface area contributed by atoms with Gasteiger partial charge in [-0.1, -0.05) is 12.1 Å². The van der Waals surface area contributed by atoms with Gasteiger partial charge in [0.1, 0.15) is 5.75 Å². The fourth-order valence-electron chi connectivity index (χ4n) is 1.38. The summed E-state index contributed by atoms with van der Waals surface area (Å²) in [7, 11) is 0. The van der Waals surface area contributed by atoms with E-state index in [9.17, 15) is 9.90 Å². The van der Waals surface area contributed by atoms with Crippen LogP contribution in [0.25, 0.3) is 0 Å². The van der Waals surface area contributed by atoms with E-state index in [0.717, 1.165) is 6.54 Å². The fourth-order valence-corrected chi connectivity index (χ4v) is 1.38. The van der Waals surface area contributed by atoms with Crippen molar-refractivity contribution in [2.24, 2.45) is 5.73 Å². The number of aromatic hydroxyl groups is 1. The van der Waals surface area contributed by atoms with Crippen LogP contribution in [0.5, 0.6) is 5.75 Å². The number of hydrogen-bond acceptors (Lipinski definition) is 4. The van der Waals surface area contributed by atoms with E-state index in [1.807, 2.05) is 0 Å². The first-order chi connectivity index (χ1) is 7.48. The van der Waals surface area contributed by atoms with Gasteiger partial charge in [-0.15, -0.1) is 0 Å². The number of aliphatic carboxylic acids is 1. The van der Waals surface area contributed by atoms with Gasteiger partial charge in [-0.05, 0) is 17.7 Å². The highest BCUT2D eigenvalue weighted by atomic mass is 16.4. The maximum absolute atomic E-state index is 10.9. The van der Waals surface area contributed by atoms with E-state index < -0.39 is 11.6 Å². The Balaban J connectivity index is 2.83. The molecule has 87 valence electrons. The van der Waals surface area contributed by atoms with Gasteiger partial charge in [0.2, 0.25) is 0 Å². The molecule has 0 saturated heterocycles. The van der Waals surface area contributed by atoms with Crippen LogP contribution in [-0.4, -0.2) is 26.9 Å². The van der Waals surface area contributed by atoms with Crippen molar-refractivity contribution < 1.29 is 20.1 Å². The van der Waals surface area contributed by atoms with Crippen molar-refractivity contribution in [2.75, 3.05) is 0 Å². The number of carboxylic acids is 1. The Hall–Kier alpha value is -1.59. The topological polar surface area (TPSA) is 104 Å². The van der Waals surface area contributed by atoms with E-state index in [1.165, 1.54) is 12.1 Å². The predicted molar refractivity (Wildman–Crippen MR) is 57.5 cm³/mol. The number of carboxylic acid groups (broad SMARTS) is 1. The van der Waals surface area contributed by atoms with Crippen molar-refractivity contribution in [3.63, 3.8) is 0 Å². The highest BCUT2D eigenvalue weighted by Crippen LogP contribution is 2.20. The van der Waals surface area contributed by atoms with Crippen LogP contribution in [0, 0.1) is 6.54 Å². The zero-order valence-corrected chi connectivity index (χ0v) is 8.63. The molecular weight excluding hydrogens is 210 g/mol. The first-order valence-corrected chi connectivity index (χ1v) is 4.75. The van der Waals surface area contributed by atoms with Crippen molar-refractivity contribution in [2.45, 2.75) is 18.4 Å². The molecule has 5 N–H and O–H groups in total. The van der Waals surface area contributed by atoms with Gasteiger partial charge < -0.3 is 21.1 Å². The highest BCUT2D eigenvalue weighted by molar-refractivity contribution is 5.77. The molecule has 0 spiro atoms. The monoisotopic (exact) mass is 224 g/mol. The molecule has 0 fully saturated rings. The number of hydrogen-bond donors (Lipinski definition) is 4. The maximum atomic E-state index is 10.9. The number of rotatable bonds is 5. The van der Waals surface area contributed by atoms with Crippen LogP contribution in [0.1, 0.15) is 12.0 Å². The Morgan fingerprint density at radius 3 is 2.38 bits per heavy atom. The van der Waals surface area contributed by atoms with Gasteiger partial charge in [0.05, 0.1) is 0 Å². The summed E-state index contributed by atoms with van der Waals surface area (Å²) in [5.41, 5.74) is 3.86. The third-order valence-corrected chi connectivity index (χ3v) is 2.29. The van der Waals surface area contributed by atoms with Crippen LogP contribution in [-0.2, 0) is 11.2 Å². The van der Waals surface area contributed by atoms with Crippen LogP contribution in [0.3, 0.4) is 0 Å². The summed E-state index contributed by atoms with van der Waals surface area (Å²) in [4.78, 5) is 10.9. The van der Waals surface area contributed by atoms with Gasteiger partial charge in [0.25, 0.3) is 0 Å². The number of aliphatic hydroxyl groups is 1. The van der Waals surface area contributed by atoms with E-state index in [2.05, 4.69) is 0 Å². The van der Waals surface area contributed by atoms with Gasteiger partial charge in [0.15, 0.2) is 5.60 Å². The summed E-state index contributed by atoms with van der Waals surface area (Å²) < 4.78 is 0. The van der Waals surface area contributed by atoms with Crippen molar-refractivity contribution in [1.29, 1.82) is 0 Å². The minimum Gasteiger partial charge on any atom is -0.508 e. The first-order valence-electron chi connectivity index (χ1n) is 4.75. The number of phenolic OH excluding ortho intramolecular Hbond substituents is 1. The number of nitrogens with two attached hydrogens (primary N) is 1. The molecule has 5 nitrogen and oxygen atoms in total. The largest absolute Gasteiger partial charge is 0.508 e. The van der Waals surface area contributed by atoms with Crippen LogP contribution in [0.4, 0.5) is 0 Å². The fraction of sp³-hybridized carbons (Fsp3) is 0.273. The first kappa shape index (κ1) is 12.5. The quantitative estimate of drug-likeness (QED) is 0.574. The molecule has 0 aliphatic carbocycles. The Bertz CT molecular complexity index is 363. The molecule has 0 bridgehead atoms. The average Bonchev–Trinajstić information content (AvgIpc) is 2.22. The molecule has 5 heteroatoms. The summed E-state index contributed by atoms with van der Waals surface area (Å²) in [6.07, 6.45) is -0.195. The predicted octanol–water partition coefficient (Wildman–Crippen LogP) is 0.261. The number of carbonyl (C=O) groups is 1. The van der Waals surface area contributed by atoms with Crippen molar-refractivity contribution in [3.8, 4) is 5.75 Å². The maximum Gasteiger partial charge on any atom is 0.336 e. The summed E-state index contributed by atoms with van der Waals surface area (Å²) >= 11 is 0. The molecule has 0 saturated carbocycles. The molecule has 1 unspecified atom stereocenters. The Kier molecular flexibility index (Phi) is 3.87. The second-order valence-corrected chi connectivity index (χ2v) is 3.62. The van der Waals surface area contributed by atoms with Crippen molar-refractivity contribution in [3.05, 3.63) is 36.4 Å². The smallest absolute Gasteiger partial charge is 0.336 e. The summed E-state index contributed by atoms with van der Waals surface area (Å²) in [5.74, 6) is -1.23. The Labute approximate surface area is 93.1 Å². The zero-order chi connectivity index (χ0) is 12.2. The Morgan fingerprint density at radius 2 is 1.94 bits per heavy atom. The normalized spacial score (nSPS) is 14.4. The second-order valence-electron chi connectivity index (χ2n) is 3.62. The van der Waals surface area contributed by atoms with Crippen molar-refractivity contribution >= 4 is 5.97 Å². The summed E-state index contributed by atoms with van der Waals surface area (Å²) in [5, 5.41) is 27.8. The van der Waals surface area contributed by atoms with Crippen LogP contribution in [0.15, 0.2) is 24.3 Å². The molecule has 1 aromatic carbocycles. The lowest BCUT2D eigenvalue weighted by Crippen LogP contribution is -2.41. The van der Waals surface area contributed by atoms with Gasteiger partial charge in [-0.3, -0.25) is 0 Å². The minimum absolute atomic E-state index is 0.0592. The SMILES string of the molecule is N[CH]CC(O)(Cc1ccc(O)cc1)C(=O)O. The molecule has 0 heterocycles. The van der Waals surface area contributed by atoms with Crippen LogP contribution < -0.4 is 5.73 Å². The second kappa shape index (κ2) is 4.96. The lowest BCUT2D eigenvalue weighted by molar-refractivity contribution is -0.158. The molecule has 1 atom stereocenters. The van der Waals surface area contributed by atoms with E-state index in [1.54, 1.807) is 12.1 Å². The molecule has 16 heavy (non-hydrogen) atoms. The third kappa shape index (κ3) is 2.95. The Morgan fingerprint density at radius 1 is 1.38 bits per heavy atom. The summed E-state index contributed by atoms with van der Waals surface area (Å²) in [6.45, 7) is 1.12. The van der Waals surface area contributed by atoms with E-state index in [4.69, 9.17) is 15.9 Å². The molecule has 0 aliphatic heterocycles. The number of phenols is 1. The molecular formula is C11H14NO4. The van der Waals surface area contributed by atoms with Crippen molar-refractivity contribution in [1.82, 2.24) is 0 Å². The third-order valence-electron chi connectivity index (χ3n) is 2.29. The highest BCUT2D eigenvalue weighted by Gasteiger charge is 2.35. The van der Waals surface area contributed by atoms with Gasteiger partial charge in [0, 0.05) is 19.4 Å². The lowest BCUT2D eigenvalue weighted by atomic mass is 9.91. The summed E-state index contributed by atoms with van der Waals surface area (Å²) in [6, 6.07) is 5.98. The van der Waals surface area contributed by atoms with Gasteiger partial charge >= 0.3 is 5.97 Å².